The first-order chi connectivity index (χ1) is 5.43. The monoisotopic (exact) mass is 150 g/mol. The molecule has 0 saturated heterocycles. The van der Waals surface area contributed by atoms with Gasteiger partial charge in [0.1, 0.15) is 0 Å². The van der Waals surface area contributed by atoms with Gasteiger partial charge in [-0.15, -0.1) is 0 Å². The van der Waals surface area contributed by atoms with Crippen LogP contribution in [0.1, 0.15) is 44.9 Å². The fraction of sp³-hybridized carbons (Fsp3) is 1.00. The Hall–Kier alpha value is 0. The Morgan fingerprint density at radius 3 is 2.64 bits per heavy atom. The van der Waals surface area contributed by atoms with Crippen LogP contribution in [0, 0.1) is 23.7 Å². The van der Waals surface area contributed by atoms with Crippen LogP contribution >= 0.6 is 0 Å². The molecule has 5 aliphatic carbocycles. The quantitative estimate of drug-likeness (QED) is 0.497. The third-order valence-corrected chi connectivity index (χ3v) is 4.55. The van der Waals surface area contributed by atoms with Crippen LogP contribution in [-0.4, -0.2) is 0 Å². The maximum absolute atomic E-state index is 1.61. The number of rotatable bonds is 0. The third-order valence-electron chi connectivity index (χ3n) is 4.55. The molecule has 5 rings (SSSR count). The second kappa shape index (κ2) is 2.24. The molecule has 4 unspecified atom stereocenters. The highest BCUT2D eigenvalue weighted by Crippen LogP contribution is 2.55. The number of fused-ring (bicyclic) bond motifs is 1. The van der Waals surface area contributed by atoms with Gasteiger partial charge in [-0.1, -0.05) is 25.7 Å². The topological polar surface area (TPSA) is 0 Å². The molecule has 0 spiro atoms. The van der Waals surface area contributed by atoms with Crippen LogP contribution in [0.25, 0.3) is 0 Å². The van der Waals surface area contributed by atoms with Crippen LogP contribution in [0.5, 0.6) is 0 Å². The second-order valence-corrected chi connectivity index (χ2v) is 5.03. The molecule has 0 aliphatic heterocycles. The van der Waals surface area contributed by atoms with Gasteiger partial charge >= 0.3 is 0 Å². The van der Waals surface area contributed by atoms with E-state index in [4.69, 9.17) is 0 Å². The molecule has 5 fully saturated rings. The van der Waals surface area contributed by atoms with Crippen molar-refractivity contribution in [3.8, 4) is 0 Å². The summed E-state index contributed by atoms with van der Waals surface area (Å²) in [4.78, 5) is 0. The highest BCUT2D eigenvalue weighted by molar-refractivity contribution is 4.95. The van der Waals surface area contributed by atoms with Crippen molar-refractivity contribution < 1.29 is 0 Å². The van der Waals surface area contributed by atoms with Crippen molar-refractivity contribution in [1.82, 2.24) is 0 Å². The molecule has 0 aromatic heterocycles. The van der Waals surface area contributed by atoms with Crippen molar-refractivity contribution in [3.05, 3.63) is 0 Å². The molecular formula is C11H18. The summed E-state index contributed by atoms with van der Waals surface area (Å²) in [6.45, 7) is 0. The summed E-state index contributed by atoms with van der Waals surface area (Å²) >= 11 is 0. The van der Waals surface area contributed by atoms with E-state index in [0.717, 1.165) is 5.92 Å². The summed E-state index contributed by atoms with van der Waals surface area (Å²) in [6.07, 6.45) is 11.1. The van der Waals surface area contributed by atoms with Gasteiger partial charge in [-0.05, 0) is 42.9 Å². The van der Waals surface area contributed by atoms with Crippen LogP contribution in [-0.2, 0) is 0 Å². The van der Waals surface area contributed by atoms with Crippen LogP contribution in [0.2, 0.25) is 0 Å². The summed E-state index contributed by atoms with van der Waals surface area (Å²) in [6, 6.07) is 0. The molecule has 0 heteroatoms. The first-order valence-corrected chi connectivity index (χ1v) is 5.43. The molecular weight excluding hydrogens is 132 g/mol. The zero-order chi connectivity index (χ0) is 7.26. The molecule has 0 radical (unpaired) electrons. The van der Waals surface area contributed by atoms with Crippen molar-refractivity contribution >= 4 is 0 Å². The Labute approximate surface area is 69.4 Å². The molecule has 4 bridgehead atoms. The lowest BCUT2D eigenvalue weighted by Gasteiger charge is -2.52. The highest BCUT2D eigenvalue weighted by Gasteiger charge is 2.45. The van der Waals surface area contributed by atoms with Crippen molar-refractivity contribution in [1.29, 1.82) is 0 Å². The molecule has 0 amide bonds. The minimum atomic E-state index is 1.15. The van der Waals surface area contributed by atoms with Crippen molar-refractivity contribution in [2.75, 3.05) is 0 Å². The van der Waals surface area contributed by atoms with E-state index >= 15 is 0 Å². The van der Waals surface area contributed by atoms with Crippen LogP contribution in [0.4, 0.5) is 0 Å². The molecule has 0 nitrogen and oxygen atoms in total. The predicted octanol–water partition coefficient (Wildman–Crippen LogP) is 3.22. The minimum absolute atomic E-state index is 1.15. The van der Waals surface area contributed by atoms with E-state index in [1.807, 2.05) is 0 Å². The fourth-order valence-corrected chi connectivity index (χ4v) is 3.91. The van der Waals surface area contributed by atoms with E-state index in [-0.39, 0.29) is 0 Å². The fourth-order valence-electron chi connectivity index (χ4n) is 3.91. The molecule has 0 aromatic rings. The van der Waals surface area contributed by atoms with E-state index in [0.29, 0.717) is 0 Å². The van der Waals surface area contributed by atoms with Gasteiger partial charge in [0.25, 0.3) is 0 Å². The Balaban J connectivity index is 1.82. The molecule has 0 heterocycles. The van der Waals surface area contributed by atoms with Gasteiger partial charge in [0.05, 0.1) is 0 Å². The minimum Gasteiger partial charge on any atom is -0.0528 e. The second-order valence-electron chi connectivity index (χ2n) is 5.03. The maximum atomic E-state index is 1.61. The summed E-state index contributed by atoms with van der Waals surface area (Å²) in [5.74, 6) is 4.73. The Bertz CT molecular complexity index is 146. The summed E-state index contributed by atoms with van der Waals surface area (Å²) < 4.78 is 0. The molecule has 5 saturated carbocycles. The van der Waals surface area contributed by atoms with Crippen LogP contribution < -0.4 is 0 Å². The highest BCUT2D eigenvalue weighted by atomic mass is 14.5. The third kappa shape index (κ3) is 0.878. The van der Waals surface area contributed by atoms with E-state index in [1.165, 1.54) is 17.8 Å². The molecule has 4 atom stereocenters. The predicted molar refractivity (Wildman–Crippen MR) is 46.3 cm³/mol. The van der Waals surface area contributed by atoms with E-state index < -0.39 is 0 Å². The van der Waals surface area contributed by atoms with Crippen molar-refractivity contribution in [2.45, 2.75) is 44.9 Å². The van der Waals surface area contributed by atoms with Gasteiger partial charge in [-0.2, -0.15) is 0 Å². The zero-order valence-electron chi connectivity index (χ0n) is 7.26. The molecule has 5 aliphatic rings. The van der Waals surface area contributed by atoms with Gasteiger partial charge in [-0.25, -0.2) is 0 Å². The lowest BCUT2D eigenvalue weighted by Crippen LogP contribution is -2.42. The molecule has 0 aromatic carbocycles. The van der Waals surface area contributed by atoms with Crippen LogP contribution in [0.15, 0.2) is 0 Å². The lowest BCUT2D eigenvalue weighted by molar-refractivity contribution is -0.0192. The van der Waals surface area contributed by atoms with Gasteiger partial charge in [0.2, 0.25) is 0 Å². The Kier molecular flexibility index (Phi) is 1.33. The van der Waals surface area contributed by atoms with E-state index in [1.54, 1.807) is 44.9 Å². The average molecular weight is 150 g/mol. The average Bonchev–Trinajstić information content (AvgIpc) is 1.88. The smallest absolute Gasteiger partial charge is 0.0357 e. The number of hydrogen-bond acceptors (Lipinski definition) is 0. The van der Waals surface area contributed by atoms with Gasteiger partial charge in [-0.3, -0.25) is 0 Å². The van der Waals surface area contributed by atoms with Crippen LogP contribution in [0.3, 0.4) is 0 Å². The van der Waals surface area contributed by atoms with E-state index in [9.17, 15) is 0 Å². The van der Waals surface area contributed by atoms with Crippen molar-refractivity contribution in [3.63, 3.8) is 0 Å². The van der Waals surface area contributed by atoms with Gasteiger partial charge < -0.3 is 0 Å². The van der Waals surface area contributed by atoms with Gasteiger partial charge in [0, 0.05) is 0 Å². The largest absolute Gasteiger partial charge is 0.0528 e. The zero-order valence-corrected chi connectivity index (χ0v) is 7.26. The normalized spacial score (nSPS) is 54.5. The standard InChI is InChI=1S/C11H18/c1-2-8-4-5-11-9(3-1)7-10(11)6-8/h8-11H,1-7H2. The van der Waals surface area contributed by atoms with Crippen molar-refractivity contribution in [2.24, 2.45) is 23.7 Å². The van der Waals surface area contributed by atoms with Gasteiger partial charge in [0.15, 0.2) is 0 Å². The lowest BCUT2D eigenvalue weighted by atomic mass is 9.53. The molecule has 62 valence electrons. The van der Waals surface area contributed by atoms with E-state index in [2.05, 4.69) is 0 Å². The summed E-state index contributed by atoms with van der Waals surface area (Å²) in [5, 5.41) is 0. The molecule has 11 heavy (non-hydrogen) atoms. The molecule has 0 N–H and O–H groups in total. The SMILES string of the molecule is C1CC2CCC3C(C1)CC3C2. The summed E-state index contributed by atoms with van der Waals surface area (Å²) in [7, 11) is 0. The Morgan fingerprint density at radius 1 is 0.727 bits per heavy atom. The Morgan fingerprint density at radius 2 is 1.73 bits per heavy atom. The first kappa shape index (κ1) is 6.51. The summed E-state index contributed by atoms with van der Waals surface area (Å²) in [5.41, 5.74) is 0. The first-order valence-electron chi connectivity index (χ1n) is 5.43. The maximum Gasteiger partial charge on any atom is -0.0357 e. The number of hydrogen-bond donors (Lipinski definition) is 0.